The number of nitrogens with two attached hydrogens (primary N) is 1. The first-order chi connectivity index (χ1) is 24.4. The molecule has 0 radical (unpaired) electrons. The molecule has 0 saturated heterocycles. The fourth-order valence-corrected chi connectivity index (χ4v) is 4.23. The SMILES string of the molecule is [2H]c1c([2H])c(OC(C)(C)C)c([2H])c([2H])c1C[C@H](NC(=O)c1ccc(N(Cc2cnc3nc(N)[nH]c(=O)c3n2)C(=O)C(F)(F)F)cc1)C(=O)OC(C)(C)C. The molecule has 4 N–H and O–H groups in total. The Labute approximate surface area is 284 Å². The van der Waals surface area contributed by atoms with Gasteiger partial charge in [-0.15, -0.1) is 0 Å². The van der Waals surface area contributed by atoms with Crippen molar-refractivity contribution in [1.82, 2.24) is 25.3 Å². The predicted molar refractivity (Wildman–Crippen MR) is 174 cm³/mol. The second kappa shape index (κ2) is 13.9. The zero-order valence-electron chi connectivity index (χ0n) is 31.3. The van der Waals surface area contributed by atoms with Gasteiger partial charge >= 0.3 is 18.1 Å². The van der Waals surface area contributed by atoms with Crippen molar-refractivity contribution in [2.45, 2.75) is 77.9 Å². The maximum absolute atomic E-state index is 13.7. The molecule has 2 amide bonds. The van der Waals surface area contributed by atoms with E-state index in [1.165, 1.54) is 0 Å². The fourth-order valence-electron chi connectivity index (χ4n) is 4.23. The predicted octanol–water partition coefficient (Wildman–Crippen LogP) is 4.25. The van der Waals surface area contributed by atoms with Gasteiger partial charge in [-0.05, 0) is 83.5 Å². The summed E-state index contributed by atoms with van der Waals surface area (Å²) in [6.07, 6.45) is -4.85. The van der Waals surface area contributed by atoms with E-state index < -0.39 is 83.9 Å². The maximum Gasteiger partial charge on any atom is 0.471 e. The molecule has 0 saturated carbocycles. The summed E-state index contributed by atoms with van der Waals surface area (Å²) in [7, 11) is 0. The average molecular weight is 688 g/mol. The van der Waals surface area contributed by atoms with Crippen LogP contribution < -0.4 is 26.2 Å². The van der Waals surface area contributed by atoms with Gasteiger partial charge in [-0.2, -0.15) is 18.2 Å². The van der Waals surface area contributed by atoms with Crippen LogP contribution in [0.3, 0.4) is 0 Å². The smallest absolute Gasteiger partial charge is 0.471 e. The van der Waals surface area contributed by atoms with E-state index in [1.54, 1.807) is 41.5 Å². The number of esters is 1. The molecule has 2 heterocycles. The van der Waals surface area contributed by atoms with Crippen LogP contribution in [0.1, 0.15) is 68.6 Å². The van der Waals surface area contributed by atoms with Crippen LogP contribution in [0.5, 0.6) is 5.75 Å². The number of nitrogens with one attached hydrogen (secondary N) is 2. The van der Waals surface area contributed by atoms with Crippen molar-refractivity contribution >= 4 is 40.6 Å². The third kappa shape index (κ3) is 9.98. The Kier molecular flexibility index (Phi) is 8.73. The molecule has 13 nitrogen and oxygen atoms in total. The van der Waals surface area contributed by atoms with Gasteiger partial charge in [0.2, 0.25) is 5.95 Å². The molecule has 4 rings (SSSR count). The van der Waals surface area contributed by atoms with Gasteiger partial charge in [-0.3, -0.25) is 24.3 Å². The molecule has 260 valence electrons. The minimum Gasteiger partial charge on any atom is -0.488 e. The summed E-state index contributed by atoms with van der Waals surface area (Å²) in [6.45, 7) is 8.90. The third-order valence-corrected chi connectivity index (χ3v) is 6.20. The number of ether oxygens (including phenoxy) is 2. The molecule has 0 aliphatic rings. The molecule has 0 aliphatic heterocycles. The molecule has 1 atom stereocenters. The van der Waals surface area contributed by atoms with Crippen molar-refractivity contribution < 1.29 is 42.5 Å². The van der Waals surface area contributed by atoms with Crippen molar-refractivity contribution in [3.8, 4) is 5.75 Å². The quantitative estimate of drug-likeness (QED) is 0.215. The van der Waals surface area contributed by atoms with E-state index in [4.69, 9.17) is 20.7 Å². The van der Waals surface area contributed by atoms with Gasteiger partial charge in [0.05, 0.1) is 23.9 Å². The summed E-state index contributed by atoms with van der Waals surface area (Å²) in [6, 6.07) is 0.702. The van der Waals surface area contributed by atoms with Crippen molar-refractivity contribution in [2.75, 3.05) is 10.6 Å². The van der Waals surface area contributed by atoms with Gasteiger partial charge < -0.3 is 20.5 Å². The van der Waals surface area contributed by atoms with Crippen LogP contribution in [0.4, 0.5) is 24.8 Å². The highest BCUT2D eigenvalue weighted by Gasteiger charge is 2.43. The highest BCUT2D eigenvalue weighted by atomic mass is 19.4. The minimum absolute atomic E-state index is 0.170. The average Bonchev–Trinajstić information content (AvgIpc) is 3.04. The number of nitrogen functional groups attached to an aromatic ring is 1. The lowest BCUT2D eigenvalue weighted by atomic mass is 10.0. The van der Waals surface area contributed by atoms with Crippen molar-refractivity contribution in [3.05, 3.63) is 81.8 Å². The summed E-state index contributed by atoms with van der Waals surface area (Å²) >= 11 is 0. The summed E-state index contributed by atoms with van der Waals surface area (Å²) in [5.74, 6) is -4.73. The zero-order chi connectivity index (χ0) is 39.8. The summed E-state index contributed by atoms with van der Waals surface area (Å²) in [5.41, 5.74) is 1.37. The molecule has 16 heteroatoms. The minimum atomic E-state index is -5.34. The van der Waals surface area contributed by atoms with Crippen molar-refractivity contribution in [2.24, 2.45) is 0 Å². The van der Waals surface area contributed by atoms with Gasteiger partial charge in [-0.25, -0.2) is 14.8 Å². The van der Waals surface area contributed by atoms with Crippen LogP contribution in [-0.2, 0) is 27.3 Å². The molecule has 0 spiro atoms. The number of carbonyl (C=O) groups is 3. The molecule has 0 bridgehead atoms. The summed E-state index contributed by atoms with van der Waals surface area (Å²) < 4.78 is 86.1. The number of carbonyl (C=O) groups excluding carboxylic acids is 3. The number of hydrogen-bond donors (Lipinski definition) is 3. The topological polar surface area (TPSA) is 182 Å². The van der Waals surface area contributed by atoms with Crippen LogP contribution in [0, 0.1) is 0 Å². The lowest BCUT2D eigenvalue weighted by Gasteiger charge is -2.25. The van der Waals surface area contributed by atoms with E-state index in [0.29, 0.717) is 4.90 Å². The third-order valence-electron chi connectivity index (χ3n) is 6.20. The molecule has 4 aromatic rings. The number of aromatic nitrogens is 4. The number of aromatic amines is 1. The van der Waals surface area contributed by atoms with Gasteiger partial charge in [0, 0.05) is 17.7 Å². The highest BCUT2D eigenvalue weighted by molar-refractivity contribution is 5.99. The van der Waals surface area contributed by atoms with E-state index in [-0.39, 0.29) is 45.4 Å². The second-order valence-corrected chi connectivity index (χ2v) is 12.7. The molecule has 49 heavy (non-hydrogen) atoms. The Bertz CT molecular complexity index is 2110. The van der Waals surface area contributed by atoms with Gasteiger partial charge in [0.1, 0.15) is 23.0 Å². The molecular weight excluding hydrogens is 647 g/mol. The van der Waals surface area contributed by atoms with E-state index in [0.717, 1.165) is 30.5 Å². The Morgan fingerprint density at radius 1 is 1.00 bits per heavy atom. The number of rotatable bonds is 9. The Morgan fingerprint density at radius 2 is 1.63 bits per heavy atom. The number of fused-ring (bicyclic) bond motifs is 1. The number of benzene rings is 2. The van der Waals surface area contributed by atoms with Crippen LogP contribution in [0.25, 0.3) is 11.2 Å². The number of anilines is 2. The molecular formula is C33H36F3N7O6. The fraction of sp³-hybridized carbons (Fsp3) is 0.364. The molecule has 0 aliphatic carbocycles. The Balaban J connectivity index is 1.66. The maximum atomic E-state index is 13.7. The van der Waals surface area contributed by atoms with Gasteiger partial charge in [-0.1, -0.05) is 12.1 Å². The van der Waals surface area contributed by atoms with Crippen LogP contribution >= 0.6 is 0 Å². The van der Waals surface area contributed by atoms with E-state index in [2.05, 4.69) is 25.3 Å². The first-order valence-corrected chi connectivity index (χ1v) is 14.7. The summed E-state index contributed by atoms with van der Waals surface area (Å²) in [5, 5.41) is 2.45. The normalized spacial score (nSPS) is 13.8. The number of H-pyrrole nitrogens is 1. The van der Waals surface area contributed by atoms with Crippen LogP contribution in [0.2, 0.25) is 0 Å². The van der Waals surface area contributed by atoms with Gasteiger partial charge in [0.15, 0.2) is 11.2 Å². The lowest BCUT2D eigenvalue weighted by Crippen LogP contribution is -2.45. The molecule has 0 unspecified atom stereocenters. The highest BCUT2D eigenvalue weighted by Crippen LogP contribution is 2.26. The zero-order valence-corrected chi connectivity index (χ0v) is 27.3. The monoisotopic (exact) mass is 687 g/mol. The Morgan fingerprint density at radius 3 is 2.20 bits per heavy atom. The largest absolute Gasteiger partial charge is 0.488 e. The second-order valence-electron chi connectivity index (χ2n) is 12.7. The van der Waals surface area contributed by atoms with E-state index in [1.807, 2.05) is 0 Å². The molecule has 0 fully saturated rings. The van der Waals surface area contributed by atoms with E-state index in [9.17, 15) is 32.3 Å². The van der Waals surface area contributed by atoms with Crippen LogP contribution in [-0.4, -0.2) is 61.1 Å². The van der Waals surface area contributed by atoms with E-state index >= 15 is 0 Å². The van der Waals surface area contributed by atoms with Crippen LogP contribution in [0.15, 0.2) is 59.4 Å². The molecule has 2 aromatic carbocycles. The number of hydrogen-bond acceptors (Lipinski definition) is 10. The Hall–Kier alpha value is -5.54. The number of halogens is 3. The number of alkyl halides is 3. The lowest BCUT2D eigenvalue weighted by molar-refractivity contribution is -0.170. The molecule has 2 aromatic heterocycles. The van der Waals surface area contributed by atoms with Gasteiger partial charge in [0.25, 0.3) is 11.5 Å². The first kappa shape index (κ1) is 30.8. The van der Waals surface area contributed by atoms with Crippen molar-refractivity contribution in [3.63, 3.8) is 0 Å². The number of nitrogens with zero attached hydrogens (tertiary/aromatic N) is 4. The number of amides is 2. The first-order valence-electron chi connectivity index (χ1n) is 16.7. The summed E-state index contributed by atoms with van der Waals surface area (Å²) in [4.78, 5) is 65.8. The van der Waals surface area contributed by atoms with Crippen molar-refractivity contribution in [1.29, 1.82) is 0 Å². The standard InChI is InChI=1S/C33H36F3N7O6/c1-31(2,3)48-22-13-7-18(8-14-22)15-23(28(46)49-32(4,5)6)40-26(44)19-9-11-21(12-10-19)43(29(47)33(34,35)36)17-20-16-38-25-24(39-20)27(45)42-30(37)41-25/h7-14,16,23H,15,17H2,1-6H3,(H,40,44)(H3,37,38,41,42,45)/t23-/m0/s1/i7D,8D,13D,14D.